The minimum absolute atomic E-state index is 0.906. The van der Waals surface area contributed by atoms with Crippen LogP contribution in [0, 0.1) is 27.7 Å². The molecule has 0 N–H and O–H groups in total. The molecule has 0 spiro atoms. The normalized spacial score (nSPS) is 11.8. The first-order valence-electron chi connectivity index (χ1n) is 23.2. The maximum Gasteiger partial charge on any atom is 0.0965 e. The third-order valence-electron chi connectivity index (χ3n) is 14.0. The van der Waals surface area contributed by atoms with Gasteiger partial charge in [-0.1, -0.05) is 84.9 Å². The van der Waals surface area contributed by atoms with Crippen molar-refractivity contribution in [1.29, 1.82) is 0 Å². The van der Waals surface area contributed by atoms with Crippen molar-refractivity contribution in [1.82, 2.24) is 29.1 Å². The molecule has 6 nitrogen and oxygen atoms in total. The quantitative estimate of drug-likeness (QED) is 0.167. The summed E-state index contributed by atoms with van der Waals surface area (Å²) in [5.41, 5.74) is 24.9. The Morgan fingerprint density at radius 3 is 1.13 bits per heavy atom. The SMILES string of the molecule is Cc1cc(-c2ccc(-n3c4ccccc4c4c5c6ccccc6n(-c6ccc(-c7cc(C)c(-c8ccnc9cccnc89)c(C)c7)cc6)c5ccc43)cc2)cc(C)c1-c1ccnc2cccnc12. The van der Waals surface area contributed by atoms with Crippen LogP contribution in [0.25, 0.3) is 122 Å². The maximum atomic E-state index is 4.71. The van der Waals surface area contributed by atoms with Gasteiger partial charge >= 0.3 is 0 Å². The number of hydrogen-bond donors (Lipinski definition) is 0. The van der Waals surface area contributed by atoms with Crippen LogP contribution in [0.2, 0.25) is 0 Å². The summed E-state index contributed by atoms with van der Waals surface area (Å²) >= 11 is 0. The van der Waals surface area contributed by atoms with E-state index in [0.717, 1.165) is 44.6 Å². The average Bonchev–Trinajstić information content (AvgIpc) is 3.89. The molecule has 0 saturated heterocycles. The number of nitrogens with zero attached hydrogens (tertiary/aromatic N) is 6. The molecule has 0 aliphatic carbocycles. The fourth-order valence-electron chi connectivity index (χ4n) is 11.2. The zero-order valence-corrected chi connectivity index (χ0v) is 38.2. The molecule has 0 aliphatic rings. The minimum Gasteiger partial charge on any atom is -0.309 e. The second-order valence-corrected chi connectivity index (χ2v) is 18.1. The molecule has 0 bridgehead atoms. The lowest BCUT2D eigenvalue weighted by Gasteiger charge is -2.15. The summed E-state index contributed by atoms with van der Waals surface area (Å²) in [5.74, 6) is 0. The van der Waals surface area contributed by atoms with Crippen molar-refractivity contribution in [2.45, 2.75) is 27.7 Å². The van der Waals surface area contributed by atoms with E-state index >= 15 is 0 Å². The number of para-hydroxylation sites is 2. The van der Waals surface area contributed by atoms with E-state index in [1.165, 1.54) is 99.2 Å². The Morgan fingerprint density at radius 2 is 0.721 bits per heavy atom. The van der Waals surface area contributed by atoms with Gasteiger partial charge in [0, 0.05) is 68.8 Å². The Morgan fingerprint density at radius 1 is 0.324 bits per heavy atom. The Kier molecular flexibility index (Phi) is 8.99. The topological polar surface area (TPSA) is 61.4 Å². The van der Waals surface area contributed by atoms with Gasteiger partial charge in [0.25, 0.3) is 0 Å². The predicted molar refractivity (Wildman–Crippen MR) is 282 cm³/mol. The van der Waals surface area contributed by atoms with Crippen LogP contribution in [0.15, 0.2) is 195 Å². The molecule has 0 fully saturated rings. The van der Waals surface area contributed by atoms with Gasteiger partial charge < -0.3 is 9.13 Å². The van der Waals surface area contributed by atoms with Gasteiger partial charge in [-0.15, -0.1) is 0 Å². The average molecular weight is 873 g/mol. The van der Waals surface area contributed by atoms with Gasteiger partial charge in [0.15, 0.2) is 0 Å². The zero-order chi connectivity index (χ0) is 45.6. The molecule has 0 saturated carbocycles. The lowest BCUT2D eigenvalue weighted by molar-refractivity contribution is 1.17. The fraction of sp³-hybridized carbons (Fsp3) is 0.0645. The summed E-state index contributed by atoms with van der Waals surface area (Å²) in [6, 6.07) is 61.7. The number of aromatic nitrogens is 6. The largest absolute Gasteiger partial charge is 0.309 e. The Bertz CT molecular complexity index is 3850. The van der Waals surface area contributed by atoms with E-state index < -0.39 is 0 Å². The van der Waals surface area contributed by atoms with Crippen molar-refractivity contribution < 1.29 is 0 Å². The van der Waals surface area contributed by atoms with Crippen molar-refractivity contribution in [3.8, 4) is 55.9 Å². The molecule has 6 heteroatoms. The van der Waals surface area contributed by atoms with Gasteiger partial charge in [-0.3, -0.25) is 19.9 Å². The zero-order valence-electron chi connectivity index (χ0n) is 38.2. The molecule has 0 amide bonds. The van der Waals surface area contributed by atoms with Crippen molar-refractivity contribution >= 4 is 65.7 Å². The van der Waals surface area contributed by atoms with Gasteiger partial charge in [0.1, 0.15) is 0 Å². The van der Waals surface area contributed by atoms with Crippen molar-refractivity contribution in [2.24, 2.45) is 0 Å². The van der Waals surface area contributed by atoms with Crippen LogP contribution in [-0.4, -0.2) is 29.1 Å². The highest BCUT2D eigenvalue weighted by Crippen LogP contribution is 2.43. The van der Waals surface area contributed by atoms with Gasteiger partial charge in [0.2, 0.25) is 0 Å². The molecular formula is C62H44N6. The smallest absolute Gasteiger partial charge is 0.0965 e. The summed E-state index contributed by atoms with van der Waals surface area (Å²) in [6.07, 6.45) is 7.46. The van der Waals surface area contributed by atoms with Crippen molar-refractivity contribution in [2.75, 3.05) is 0 Å². The first-order valence-corrected chi connectivity index (χ1v) is 23.2. The summed E-state index contributed by atoms with van der Waals surface area (Å²) in [5, 5.41) is 4.99. The highest BCUT2D eigenvalue weighted by Gasteiger charge is 2.21. The molecule has 6 heterocycles. The van der Waals surface area contributed by atoms with Crippen LogP contribution in [0.4, 0.5) is 0 Å². The van der Waals surface area contributed by atoms with E-state index in [1.54, 1.807) is 0 Å². The van der Waals surface area contributed by atoms with Crippen molar-refractivity contribution in [3.63, 3.8) is 0 Å². The number of aryl methyl sites for hydroxylation is 4. The fourth-order valence-corrected chi connectivity index (χ4v) is 11.2. The van der Waals surface area contributed by atoms with E-state index in [1.807, 2.05) is 49.1 Å². The van der Waals surface area contributed by atoms with Crippen LogP contribution < -0.4 is 0 Å². The van der Waals surface area contributed by atoms with Crippen LogP contribution >= 0.6 is 0 Å². The van der Waals surface area contributed by atoms with Gasteiger partial charge in [-0.2, -0.15) is 0 Å². The molecule has 7 aromatic carbocycles. The number of benzene rings is 7. The van der Waals surface area contributed by atoms with E-state index in [4.69, 9.17) is 9.97 Å². The van der Waals surface area contributed by atoms with Gasteiger partial charge in [-0.25, -0.2) is 0 Å². The van der Waals surface area contributed by atoms with Crippen LogP contribution in [0.1, 0.15) is 22.3 Å². The third-order valence-corrected chi connectivity index (χ3v) is 14.0. The first-order chi connectivity index (χ1) is 33.4. The summed E-state index contributed by atoms with van der Waals surface area (Å²) in [7, 11) is 0. The lowest BCUT2D eigenvalue weighted by atomic mass is 9.91. The molecule has 6 aromatic heterocycles. The van der Waals surface area contributed by atoms with E-state index in [0.29, 0.717) is 0 Å². The molecular weight excluding hydrogens is 829 g/mol. The maximum absolute atomic E-state index is 4.71. The molecule has 0 atom stereocenters. The van der Waals surface area contributed by atoms with Crippen LogP contribution in [0.3, 0.4) is 0 Å². The van der Waals surface area contributed by atoms with E-state index in [-0.39, 0.29) is 0 Å². The van der Waals surface area contributed by atoms with Gasteiger partial charge in [0.05, 0.1) is 44.1 Å². The summed E-state index contributed by atoms with van der Waals surface area (Å²) in [4.78, 5) is 18.5. The highest BCUT2D eigenvalue weighted by atomic mass is 15.0. The summed E-state index contributed by atoms with van der Waals surface area (Å²) < 4.78 is 4.86. The second kappa shape index (κ2) is 15.4. The number of rotatable bonds is 6. The van der Waals surface area contributed by atoms with Crippen molar-refractivity contribution in [3.05, 3.63) is 217 Å². The first kappa shape index (κ1) is 39.6. The Balaban J connectivity index is 0.887. The summed E-state index contributed by atoms with van der Waals surface area (Å²) in [6.45, 7) is 8.80. The van der Waals surface area contributed by atoms with Gasteiger partial charge in [-0.05, 0) is 168 Å². The molecule has 13 rings (SSSR count). The Hall–Kier alpha value is -8.74. The van der Waals surface area contributed by atoms with E-state index in [9.17, 15) is 0 Å². The molecule has 68 heavy (non-hydrogen) atoms. The van der Waals surface area contributed by atoms with Crippen LogP contribution in [-0.2, 0) is 0 Å². The third kappa shape index (κ3) is 6.11. The molecule has 0 unspecified atom stereocenters. The predicted octanol–water partition coefficient (Wildman–Crippen LogP) is 15.7. The lowest BCUT2D eigenvalue weighted by Crippen LogP contribution is -1.96. The number of pyridine rings is 4. The monoisotopic (exact) mass is 872 g/mol. The van der Waals surface area contributed by atoms with E-state index in [2.05, 4.69) is 192 Å². The minimum atomic E-state index is 0.906. The molecule has 0 radical (unpaired) electrons. The molecule has 13 aromatic rings. The standard InChI is InChI=1S/C62H44N6/c1-37-33-43(34-38(2)57(37)49-27-31-63-51-13-9-29-65-61(49)51)41-17-21-45(22-18-41)67-53-15-7-5-11-47(53)59-55(67)25-26-56-60(59)48-12-6-8-16-54(48)68(56)46-23-19-42(20-24-46)44-35-39(3)58(40(4)36-44)50-28-32-64-52-14-10-30-66-62(50)52/h5-36H,1-4H3. The molecule has 322 valence electrons. The number of fused-ring (bicyclic) bond motifs is 9. The van der Waals surface area contributed by atoms with Crippen LogP contribution in [0.5, 0.6) is 0 Å². The Labute approximate surface area is 393 Å². The second-order valence-electron chi connectivity index (χ2n) is 18.1. The highest BCUT2D eigenvalue weighted by molar-refractivity contribution is 6.29. The molecule has 0 aliphatic heterocycles. The number of hydrogen-bond acceptors (Lipinski definition) is 4.